The molecule has 2 aromatic heterocycles. The third-order valence-electron chi connectivity index (χ3n) is 5.02. The number of amides is 1. The van der Waals surface area contributed by atoms with Gasteiger partial charge in [0.05, 0.1) is 31.1 Å². The van der Waals surface area contributed by atoms with Gasteiger partial charge in [0.15, 0.2) is 0 Å². The van der Waals surface area contributed by atoms with Crippen LogP contribution in [0.15, 0.2) is 41.5 Å². The number of aromatic nitrogens is 2. The predicted molar refractivity (Wildman–Crippen MR) is 125 cm³/mol. The molecule has 162 valence electrons. The fourth-order valence-electron chi connectivity index (χ4n) is 3.48. The van der Waals surface area contributed by atoms with Crippen LogP contribution >= 0.6 is 11.8 Å². The van der Waals surface area contributed by atoms with Crippen molar-refractivity contribution >= 4 is 33.6 Å². The number of nitrogens with one attached hydrogen (secondary N) is 2. The van der Waals surface area contributed by atoms with E-state index >= 15 is 0 Å². The number of H-pyrrole nitrogens is 1. The first-order chi connectivity index (χ1) is 15.1. The first-order valence-electron chi connectivity index (χ1n) is 10.4. The van der Waals surface area contributed by atoms with Gasteiger partial charge in [0.25, 0.3) is 0 Å². The van der Waals surface area contributed by atoms with E-state index in [1.807, 2.05) is 37.3 Å². The number of hydrogen-bond acceptors (Lipinski definition) is 6. The average molecular weight is 439 g/mol. The minimum atomic E-state index is 0.0676. The highest BCUT2D eigenvalue weighted by Crippen LogP contribution is 2.36. The third-order valence-corrected chi connectivity index (χ3v) is 6.24. The minimum Gasteiger partial charge on any atom is -0.494 e. The van der Waals surface area contributed by atoms with Crippen molar-refractivity contribution < 1.29 is 14.3 Å². The van der Waals surface area contributed by atoms with Crippen molar-refractivity contribution in [1.29, 1.82) is 0 Å². The maximum Gasteiger partial charge on any atom is 0.221 e. The topological polar surface area (TPSA) is 88.6 Å². The molecule has 0 saturated heterocycles. The molecule has 0 saturated carbocycles. The lowest BCUT2D eigenvalue weighted by Crippen LogP contribution is -2.26. The van der Waals surface area contributed by atoms with E-state index in [0.717, 1.165) is 33.8 Å². The Bertz CT molecular complexity index is 1110. The summed E-state index contributed by atoms with van der Waals surface area (Å²) in [6.07, 6.45) is 3.09. The molecule has 1 unspecified atom stereocenters. The fourth-order valence-corrected chi connectivity index (χ4v) is 4.57. The summed E-state index contributed by atoms with van der Waals surface area (Å²) in [5, 5.41) is 4.89. The van der Waals surface area contributed by atoms with Crippen LogP contribution in [-0.2, 0) is 11.2 Å². The van der Waals surface area contributed by atoms with Crippen LogP contribution < -0.4 is 14.8 Å². The molecule has 0 aliphatic carbocycles. The van der Waals surface area contributed by atoms with Crippen molar-refractivity contribution in [3.8, 4) is 17.2 Å². The highest BCUT2D eigenvalue weighted by Gasteiger charge is 2.24. The second-order valence-corrected chi connectivity index (χ2v) is 8.55. The number of carbonyl (C=O) groups excluding carboxylic acids is 1. The molecule has 0 bridgehead atoms. The van der Waals surface area contributed by atoms with E-state index < -0.39 is 0 Å². The summed E-state index contributed by atoms with van der Waals surface area (Å²) >= 11 is 1.63. The minimum absolute atomic E-state index is 0.0676. The van der Waals surface area contributed by atoms with Crippen molar-refractivity contribution in [1.82, 2.24) is 15.3 Å². The van der Waals surface area contributed by atoms with Crippen LogP contribution in [0.1, 0.15) is 31.7 Å². The number of carbonyl (C=O) groups is 1. The number of thioether (sulfide) groups is 1. The summed E-state index contributed by atoms with van der Waals surface area (Å²) in [6, 6.07) is 9.76. The fraction of sp³-hybridized carbons (Fsp3) is 0.348. The number of benzene rings is 1. The molecule has 1 aliphatic rings. The SMILES string of the molecule is CCNC(=O)CC1CN=C(c2cc3cc(Oc4ccc(CC)nc4)cc(OC)c3[nH]2)S1. The Morgan fingerprint density at radius 2 is 2.13 bits per heavy atom. The van der Waals surface area contributed by atoms with E-state index in [0.29, 0.717) is 36.8 Å². The number of hydrogen-bond donors (Lipinski definition) is 2. The summed E-state index contributed by atoms with van der Waals surface area (Å²) in [4.78, 5) is 24.3. The van der Waals surface area contributed by atoms with Crippen molar-refractivity contribution in [2.24, 2.45) is 4.99 Å². The Balaban J connectivity index is 1.54. The number of ether oxygens (including phenoxy) is 2. The number of aromatic amines is 1. The van der Waals surface area contributed by atoms with Gasteiger partial charge in [0, 0.05) is 35.4 Å². The molecule has 4 rings (SSSR count). The average Bonchev–Trinajstić information content (AvgIpc) is 3.40. The molecule has 3 aromatic rings. The number of fused-ring (bicyclic) bond motifs is 1. The van der Waals surface area contributed by atoms with Gasteiger partial charge in [-0.3, -0.25) is 14.8 Å². The predicted octanol–water partition coefficient (Wildman–Crippen LogP) is 4.31. The van der Waals surface area contributed by atoms with Crippen LogP contribution in [0, 0.1) is 0 Å². The molecule has 0 spiro atoms. The zero-order valence-electron chi connectivity index (χ0n) is 17.9. The lowest BCUT2D eigenvalue weighted by Gasteiger charge is -2.09. The largest absolute Gasteiger partial charge is 0.494 e. The Hall–Kier alpha value is -3.00. The highest BCUT2D eigenvalue weighted by molar-refractivity contribution is 8.15. The van der Waals surface area contributed by atoms with Crippen molar-refractivity contribution in [3.63, 3.8) is 0 Å². The van der Waals surface area contributed by atoms with Gasteiger partial charge in [0.2, 0.25) is 5.91 Å². The third kappa shape index (κ3) is 4.85. The number of aryl methyl sites for hydroxylation is 1. The standard InChI is InChI=1S/C23H26N4O3S/c1-4-15-6-7-16(12-25-15)30-17-8-14-9-19(27-22(14)20(10-17)29-3)23-26-13-18(31-23)11-21(28)24-5-2/h6-10,12,18,27H,4-5,11,13H2,1-3H3,(H,24,28). The van der Waals surface area contributed by atoms with Gasteiger partial charge in [0.1, 0.15) is 22.3 Å². The quantitative estimate of drug-likeness (QED) is 0.547. The van der Waals surface area contributed by atoms with Crippen molar-refractivity contribution in [3.05, 3.63) is 47.9 Å². The second-order valence-electron chi connectivity index (χ2n) is 7.26. The maximum absolute atomic E-state index is 11.9. The number of pyridine rings is 1. The molecule has 1 aromatic carbocycles. The van der Waals surface area contributed by atoms with E-state index in [4.69, 9.17) is 9.47 Å². The number of methoxy groups -OCH3 is 1. The Morgan fingerprint density at radius 1 is 1.26 bits per heavy atom. The Morgan fingerprint density at radius 3 is 2.84 bits per heavy atom. The van der Waals surface area contributed by atoms with E-state index in [9.17, 15) is 4.79 Å². The summed E-state index contributed by atoms with van der Waals surface area (Å²) in [7, 11) is 1.64. The molecule has 1 amide bonds. The smallest absolute Gasteiger partial charge is 0.221 e. The van der Waals surface area contributed by atoms with Gasteiger partial charge in [-0.1, -0.05) is 18.7 Å². The number of nitrogens with zero attached hydrogens (tertiary/aromatic N) is 2. The van der Waals surface area contributed by atoms with Crippen LogP contribution in [0.2, 0.25) is 0 Å². The van der Waals surface area contributed by atoms with Crippen molar-refractivity contribution in [2.75, 3.05) is 20.2 Å². The number of rotatable bonds is 8. The summed E-state index contributed by atoms with van der Waals surface area (Å²) in [5.41, 5.74) is 2.83. The molecule has 3 heterocycles. The molecular weight excluding hydrogens is 412 g/mol. The van der Waals surface area contributed by atoms with Gasteiger partial charge in [-0.05, 0) is 37.6 Å². The van der Waals surface area contributed by atoms with E-state index in [1.54, 1.807) is 25.1 Å². The molecule has 31 heavy (non-hydrogen) atoms. The van der Waals surface area contributed by atoms with Crippen LogP contribution in [0.3, 0.4) is 0 Å². The Labute approximate surface area is 185 Å². The zero-order valence-corrected chi connectivity index (χ0v) is 18.7. The monoisotopic (exact) mass is 438 g/mol. The summed E-state index contributed by atoms with van der Waals surface area (Å²) in [6.45, 7) is 5.28. The van der Waals surface area contributed by atoms with Gasteiger partial charge in [-0.15, -0.1) is 0 Å². The summed E-state index contributed by atoms with van der Waals surface area (Å²) < 4.78 is 11.6. The molecule has 1 aliphatic heterocycles. The summed E-state index contributed by atoms with van der Waals surface area (Å²) in [5.74, 6) is 2.12. The molecule has 2 N–H and O–H groups in total. The molecule has 0 fully saturated rings. The van der Waals surface area contributed by atoms with Crippen LogP contribution in [0.5, 0.6) is 17.2 Å². The second kappa shape index (κ2) is 9.43. The van der Waals surface area contributed by atoms with Gasteiger partial charge < -0.3 is 19.8 Å². The lowest BCUT2D eigenvalue weighted by molar-refractivity contribution is -0.120. The maximum atomic E-state index is 11.9. The number of aliphatic imine (C=N–C) groups is 1. The van der Waals surface area contributed by atoms with E-state index in [2.05, 4.69) is 27.2 Å². The molecular formula is C23H26N4O3S. The lowest BCUT2D eigenvalue weighted by atomic mass is 10.2. The molecule has 1 atom stereocenters. The highest BCUT2D eigenvalue weighted by atomic mass is 32.2. The normalized spacial score (nSPS) is 15.7. The first-order valence-corrected chi connectivity index (χ1v) is 11.3. The van der Waals surface area contributed by atoms with Crippen LogP contribution in [0.4, 0.5) is 0 Å². The molecule has 0 radical (unpaired) electrons. The van der Waals surface area contributed by atoms with Gasteiger partial charge in [-0.25, -0.2) is 0 Å². The zero-order chi connectivity index (χ0) is 21.8. The molecule has 8 heteroatoms. The van der Waals surface area contributed by atoms with E-state index in [-0.39, 0.29) is 11.2 Å². The Kier molecular flexibility index (Phi) is 6.46. The van der Waals surface area contributed by atoms with Crippen LogP contribution in [0.25, 0.3) is 10.9 Å². The first kappa shape index (κ1) is 21.2. The van der Waals surface area contributed by atoms with Crippen LogP contribution in [-0.4, -0.2) is 46.4 Å². The van der Waals surface area contributed by atoms with Gasteiger partial charge >= 0.3 is 0 Å². The van der Waals surface area contributed by atoms with Crippen molar-refractivity contribution in [2.45, 2.75) is 31.9 Å². The van der Waals surface area contributed by atoms with E-state index in [1.165, 1.54) is 0 Å². The van der Waals surface area contributed by atoms with Gasteiger partial charge in [-0.2, -0.15) is 0 Å². The molecule has 7 nitrogen and oxygen atoms in total.